The molecule has 0 atom stereocenters. The van der Waals surface area contributed by atoms with E-state index in [1.807, 2.05) is 19.1 Å². The van der Waals surface area contributed by atoms with Crippen LogP contribution in [0.1, 0.15) is 36.7 Å². The van der Waals surface area contributed by atoms with Crippen molar-refractivity contribution >= 4 is 42.4 Å². The maximum Gasteiger partial charge on any atom is 0.260 e. The first kappa shape index (κ1) is 23.4. The highest BCUT2D eigenvalue weighted by atomic mass is 32.2. The second-order valence-electron chi connectivity index (χ2n) is 7.38. The third kappa shape index (κ3) is 5.31. The third-order valence-corrected chi connectivity index (χ3v) is 8.18. The van der Waals surface area contributed by atoms with Crippen molar-refractivity contribution in [3.63, 3.8) is 0 Å². The predicted octanol–water partition coefficient (Wildman–Crippen LogP) is 4.39. The van der Waals surface area contributed by atoms with Crippen LogP contribution in [-0.2, 0) is 9.84 Å². The Morgan fingerprint density at radius 2 is 1.68 bits per heavy atom. The highest BCUT2D eigenvalue weighted by molar-refractivity contribution is 7.91. The molecule has 3 rings (SSSR count). The van der Waals surface area contributed by atoms with Crippen LogP contribution in [0.2, 0.25) is 0 Å². The number of aromatic nitrogens is 1. The normalized spacial score (nSPS) is 11.9. The van der Waals surface area contributed by atoms with Gasteiger partial charge in [-0.25, -0.2) is 13.4 Å². The lowest BCUT2D eigenvalue weighted by Gasteiger charge is -2.24. The number of nitrogens with zero attached hydrogens (tertiary/aromatic N) is 3. The van der Waals surface area contributed by atoms with Crippen molar-refractivity contribution in [2.24, 2.45) is 0 Å². The molecule has 0 bridgehead atoms. The van der Waals surface area contributed by atoms with Crippen molar-refractivity contribution in [2.45, 2.75) is 32.6 Å². The fraction of sp³-hybridized carbons (Fsp3) is 0.391. The maximum atomic E-state index is 13.4. The molecule has 0 aliphatic heterocycles. The number of hydrogen-bond acceptors (Lipinski definition) is 6. The predicted molar refractivity (Wildman–Crippen MR) is 128 cm³/mol. The molecule has 0 saturated carbocycles. The topological polar surface area (TPSA) is 70.6 Å². The van der Waals surface area contributed by atoms with Gasteiger partial charge in [-0.1, -0.05) is 38.2 Å². The number of hydrogen-bond donors (Lipinski definition) is 0. The molecule has 8 heteroatoms. The fourth-order valence-corrected chi connectivity index (χ4v) is 5.30. The van der Waals surface area contributed by atoms with Gasteiger partial charge in [-0.15, -0.1) is 0 Å². The molecule has 0 N–H and O–H groups in total. The molecule has 0 radical (unpaired) electrons. The first-order chi connectivity index (χ1) is 14.8. The van der Waals surface area contributed by atoms with Gasteiger partial charge in [0, 0.05) is 18.7 Å². The second-order valence-corrected chi connectivity index (χ2v) is 10.7. The minimum Gasteiger partial charge on any atom is -0.302 e. The highest BCUT2D eigenvalue weighted by Gasteiger charge is 2.22. The lowest BCUT2D eigenvalue weighted by molar-refractivity contribution is 0.0983. The Morgan fingerprint density at radius 3 is 2.29 bits per heavy atom. The summed E-state index contributed by atoms with van der Waals surface area (Å²) >= 11 is 1.50. The molecule has 1 aromatic heterocycles. The van der Waals surface area contributed by atoms with Crippen LogP contribution in [0, 0.1) is 6.92 Å². The number of sulfone groups is 1. The van der Waals surface area contributed by atoms with E-state index in [4.69, 9.17) is 4.98 Å². The number of carbonyl (C=O) groups excluding carboxylic acids is 1. The average Bonchev–Trinajstić information content (AvgIpc) is 3.19. The van der Waals surface area contributed by atoms with Crippen LogP contribution in [0.25, 0.3) is 10.2 Å². The van der Waals surface area contributed by atoms with E-state index in [0.717, 1.165) is 35.4 Å². The van der Waals surface area contributed by atoms with Crippen molar-refractivity contribution in [1.29, 1.82) is 0 Å². The minimum atomic E-state index is -3.30. The van der Waals surface area contributed by atoms with Gasteiger partial charge in [0.25, 0.3) is 5.91 Å². The van der Waals surface area contributed by atoms with Crippen LogP contribution in [0.5, 0.6) is 0 Å². The molecule has 6 nitrogen and oxygen atoms in total. The zero-order valence-electron chi connectivity index (χ0n) is 18.5. The summed E-state index contributed by atoms with van der Waals surface area (Å²) in [5, 5.41) is 0.656. The van der Waals surface area contributed by atoms with Crippen molar-refractivity contribution in [1.82, 2.24) is 9.88 Å². The summed E-state index contributed by atoms with van der Waals surface area (Å²) in [7, 11) is -3.30. The summed E-state index contributed by atoms with van der Waals surface area (Å²) in [6, 6.07) is 12.3. The molecule has 1 amide bonds. The number of rotatable bonds is 9. The van der Waals surface area contributed by atoms with Crippen LogP contribution >= 0.6 is 11.3 Å². The number of benzene rings is 2. The first-order valence-corrected chi connectivity index (χ1v) is 13.0. The molecule has 0 spiro atoms. The van der Waals surface area contributed by atoms with E-state index in [-0.39, 0.29) is 16.6 Å². The van der Waals surface area contributed by atoms with Gasteiger partial charge in [-0.3, -0.25) is 9.69 Å². The second kappa shape index (κ2) is 9.89. The Labute approximate surface area is 188 Å². The Morgan fingerprint density at radius 1 is 1.00 bits per heavy atom. The molecule has 166 valence electrons. The van der Waals surface area contributed by atoms with E-state index < -0.39 is 9.84 Å². The fourth-order valence-electron chi connectivity index (χ4n) is 3.33. The van der Waals surface area contributed by atoms with Crippen LogP contribution in [0.15, 0.2) is 47.4 Å². The number of fused-ring (bicyclic) bond motifs is 1. The number of thiazole rings is 1. The van der Waals surface area contributed by atoms with Crippen LogP contribution in [0.3, 0.4) is 0 Å². The van der Waals surface area contributed by atoms with Crippen LogP contribution in [-0.4, -0.2) is 56.1 Å². The molecular formula is C23H29N3O3S2. The lowest BCUT2D eigenvalue weighted by Crippen LogP contribution is -2.38. The van der Waals surface area contributed by atoms with E-state index in [9.17, 15) is 13.2 Å². The van der Waals surface area contributed by atoms with Gasteiger partial charge in [-0.2, -0.15) is 0 Å². The van der Waals surface area contributed by atoms with Gasteiger partial charge in [0.15, 0.2) is 15.0 Å². The van der Waals surface area contributed by atoms with Crippen molar-refractivity contribution in [3.05, 3.63) is 53.6 Å². The SMILES string of the molecule is CCN(CC)CCN(C(=O)c1ccc(S(=O)(=O)CC)cc1)c1nc2ccc(C)cc2s1. The molecule has 0 fully saturated rings. The maximum absolute atomic E-state index is 13.4. The van der Waals surface area contributed by atoms with Crippen LogP contribution < -0.4 is 4.90 Å². The first-order valence-electron chi connectivity index (χ1n) is 10.5. The van der Waals surface area contributed by atoms with E-state index in [2.05, 4.69) is 24.8 Å². The van der Waals surface area contributed by atoms with E-state index >= 15 is 0 Å². The van der Waals surface area contributed by atoms with Crippen molar-refractivity contribution < 1.29 is 13.2 Å². The van der Waals surface area contributed by atoms with Gasteiger partial charge in [0.05, 0.1) is 20.9 Å². The Kier molecular flexibility index (Phi) is 7.46. The summed E-state index contributed by atoms with van der Waals surface area (Å²) in [5.41, 5.74) is 2.47. The van der Waals surface area contributed by atoms with Crippen molar-refractivity contribution in [3.8, 4) is 0 Å². The third-order valence-electron chi connectivity index (χ3n) is 5.38. The van der Waals surface area contributed by atoms with Gasteiger partial charge in [-0.05, 0) is 62.0 Å². The number of likely N-dealkylation sites (N-methyl/N-ethyl adjacent to an activating group) is 1. The van der Waals surface area contributed by atoms with Gasteiger partial charge in [0.2, 0.25) is 0 Å². The molecule has 0 unspecified atom stereocenters. The monoisotopic (exact) mass is 459 g/mol. The van der Waals surface area contributed by atoms with E-state index in [0.29, 0.717) is 17.2 Å². The average molecular weight is 460 g/mol. The zero-order chi connectivity index (χ0) is 22.6. The number of aryl methyl sites for hydroxylation is 1. The Balaban J connectivity index is 1.95. The molecule has 2 aromatic carbocycles. The summed E-state index contributed by atoms with van der Waals surface area (Å²) in [4.78, 5) is 22.3. The summed E-state index contributed by atoms with van der Waals surface area (Å²) < 4.78 is 25.2. The van der Waals surface area contributed by atoms with Gasteiger partial charge in [0.1, 0.15) is 0 Å². The standard InChI is InChI=1S/C23H29N3O3S2/c1-5-25(6-2)14-15-26(23-24-20-13-8-17(4)16-21(20)30-23)22(27)18-9-11-19(12-10-18)31(28,29)7-3/h8-13,16H,5-7,14-15H2,1-4H3. The zero-order valence-corrected chi connectivity index (χ0v) is 20.1. The van der Waals surface area contributed by atoms with Gasteiger partial charge < -0.3 is 4.90 Å². The molecule has 1 heterocycles. The lowest BCUT2D eigenvalue weighted by atomic mass is 10.2. The number of amides is 1. The molecule has 3 aromatic rings. The van der Waals surface area contributed by atoms with Crippen LogP contribution in [0.4, 0.5) is 5.13 Å². The minimum absolute atomic E-state index is 0.0292. The highest BCUT2D eigenvalue weighted by Crippen LogP contribution is 2.30. The van der Waals surface area contributed by atoms with E-state index in [1.165, 1.54) is 23.5 Å². The van der Waals surface area contributed by atoms with Crippen molar-refractivity contribution in [2.75, 3.05) is 36.8 Å². The number of carbonyl (C=O) groups is 1. The smallest absolute Gasteiger partial charge is 0.260 e. The summed E-state index contributed by atoms with van der Waals surface area (Å²) in [6.07, 6.45) is 0. The molecule has 0 aliphatic rings. The summed E-state index contributed by atoms with van der Waals surface area (Å²) in [6.45, 7) is 10.9. The molecule has 31 heavy (non-hydrogen) atoms. The molecule has 0 saturated heterocycles. The largest absolute Gasteiger partial charge is 0.302 e. The Bertz CT molecular complexity index is 1150. The molecular weight excluding hydrogens is 430 g/mol. The summed E-state index contributed by atoms with van der Waals surface area (Å²) in [5.74, 6) is -0.148. The Hall–Kier alpha value is -2.29. The van der Waals surface area contributed by atoms with Gasteiger partial charge >= 0.3 is 0 Å². The molecule has 0 aliphatic carbocycles. The quantitative estimate of drug-likeness (QED) is 0.475. The number of anilines is 1. The van der Waals surface area contributed by atoms with E-state index in [1.54, 1.807) is 24.0 Å².